The van der Waals surface area contributed by atoms with Crippen LogP contribution >= 0.6 is 0 Å². The number of aliphatic carboxylic acids is 2. The first kappa shape index (κ1) is 29.0. The Balaban J connectivity index is 0.000000717. The number of carboxylic acids is 2. The van der Waals surface area contributed by atoms with Crippen molar-refractivity contribution in [2.24, 2.45) is 0 Å². The quantitative estimate of drug-likeness (QED) is 0.492. The van der Waals surface area contributed by atoms with Crippen LogP contribution in [0.5, 0.6) is 28.7 Å². The largest absolute Gasteiger partial charge is 0.493 e. The maximum Gasteiger partial charge on any atom is 0.414 e. The third-order valence-electron chi connectivity index (χ3n) is 5.66. The van der Waals surface area contributed by atoms with Crippen molar-refractivity contribution < 1.29 is 48.3 Å². The average molecular weight is 521 g/mol. The molecular weight excluding hydrogens is 488 g/mol. The molecule has 1 fully saturated rings. The Labute approximate surface area is 214 Å². The van der Waals surface area contributed by atoms with Gasteiger partial charge >= 0.3 is 11.9 Å². The van der Waals surface area contributed by atoms with E-state index in [0.717, 1.165) is 18.7 Å². The number of hydrogen-bond acceptors (Lipinski definition) is 9. The van der Waals surface area contributed by atoms with Gasteiger partial charge in [0.1, 0.15) is 0 Å². The lowest BCUT2D eigenvalue weighted by Gasteiger charge is -2.35. The highest BCUT2D eigenvalue weighted by Gasteiger charge is 2.26. The van der Waals surface area contributed by atoms with E-state index in [1.807, 2.05) is 17.0 Å². The van der Waals surface area contributed by atoms with Gasteiger partial charge in [0, 0.05) is 38.3 Å². The molecule has 3 rings (SSSR count). The number of hydrogen-bond donors (Lipinski definition) is 2. The number of carbonyl (C=O) groups is 3. The van der Waals surface area contributed by atoms with Crippen LogP contribution in [-0.4, -0.2) is 99.6 Å². The first-order valence-corrected chi connectivity index (χ1v) is 11.2. The second-order valence-corrected chi connectivity index (χ2v) is 7.71. The van der Waals surface area contributed by atoms with E-state index in [4.69, 9.17) is 43.5 Å². The lowest BCUT2D eigenvalue weighted by molar-refractivity contribution is -0.159. The molecule has 1 heterocycles. The highest BCUT2D eigenvalue weighted by Crippen LogP contribution is 2.40. The Morgan fingerprint density at radius 2 is 1.24 bits per heavy atom. The first-order chi connectivity index (χ1) is 17.7. The predicted octanol–water partition coefficient (Wildman–Crippen LogP) is 1.84. The minimum Gasteiger partial charge on any atom is -0.493 e. The van der Waals surface area contributed by atoms with Gasteiger partial charge in [0.05, 0.1) is 41.1 Å². The summed E-state index contributed by atoms with van der Waals surface area (Å²) < 4.78 is 27.2. The predicted molar refractivity (Wildman–Crippen MR) is 132 cm³/mol. The van der Waals surface area contributed by atoms with Gasteiger partial charge in [-0.1, -0.05) is 12.1 Å². The Kier molecular flexibility index (Phi) is 10.8. The van der Waals surface area contributed by atoms with Crippen LogP contribution in [0.4, 0.5) is 0 Å². The van der Waals surface area contributed by atoms with Crippen LogP contribution in [0.15, 0.2) is 30.3 Å². The maximum atomic E-state index is 13.1. The van der Waals surface area contributed by atoms with Crippen LogP contribution in [0, 0.1) is 0 Å². The van der Waals surface area contributed by atoms with E-state index in [2.05, 4.69) is 4.90 Å². The number of para-hydroxylation sites is 1. The second kappa shape index (κ2) is 13.8. The number of nitrogens with zero attached hydrogens (tertiary/aromatic N) is 2. The fourth-order valence-corrected chi connectivity index (χ4v) is 3.86. The number of carboxylic acid groups (broad SMARTS) is 2. The van der Waals surface area contributed by atoms with Crippen molar-refractivity contribution in [3.63, 3.8) is 0 Å². The molecule has 0 bridgehead atoms. The summed E-state index contributed by atoms with van der Waals surface area (Å²) in [6.45, 7) is 3.42. The van der Waals surface area contributed by atoms with Crippen LogP contribution in [-0.2, 0) is 16.1 Å². The highest BCUT2D eigenvalue weighted by molar-refractivity contribution is 6.27. The fraction of sp³-hybridized carbons (Fsp3) is 0.400. The number of piperazine rings is 1. The van der Waals surface area contributed by atoms with Gasteiger partial charge < -0.3 is 38.8 Å². The number of amides is 1. The molecule has 0 spiro atoms. The maximum absolute atomic E-state index is 13.1. The molecule has 202 valence electrons. The topological polar surface area (TPSA) is 144 Å². The summed E-state index contributed by atoms with van der Waals surface area (Å²) in [6.07, 6.45) is 0. The number of benzene rings is 2. The summed E-state index contributed by atoms with van der Waals surface area (Å²) in [5, 5.41) is 14.8. The summed E-state index contributed by atoms with van der Waals surface area (Å²) in [5.74, 6) is -0.808. The van der Waals surface area contributed by atoms with E-state index in [9.17, 15) is 4.79 Å². The Bertz CT molecular complexity index is 1090. The zero-order chi connectivity index (χ0) is 27.5. The molecule has 2 N–H and O–H groups in total. The van der Waals surface area contributed by atoms with Gasteiger partial charge in [0.2, 0.25) is 5.75 Å². The van der Waals surface area contributed by atoms with E-state index in [-0.39, 0.29) is 5.91 Å². The molecule has 37 heavy (non-hydrogen) atoms. The fourth-order valence-electron chi connectivity index (χ4n) is 3.86. The van der Waals surface area contributed by atoms with Gasteiger partial charge in [0.25, 0.3) is 5.91 Å². The van der Waals surface area contributed by atoms with Crippen LogP contribution < -0.4 is 23.7 Å². The van der Waals surface area contributed by atoms with Gasteiger partial charge in [-0.25, -0.2) is 9.59 Å². The molecule has 1 aliphatic rings. The van der Waals surface area contributed by atoms with Gasteiger partial charge in [-0.15, -0.1) is 0 Å². The zero-order valence-electron chi connectivity index (χ0n) is 21.5. The first-order valence-electron chi connectivity index (χ1n) is 11.2. The standard InChI is InChI=1S/C23H30N2O6.C2H2O4/c1-27-18-8-6-7-17(21(18)30-4)23(26)25-13-11-24(12-14-25)15-16-9-10-19(28-2)22(31-5)20(16)29-3;3-1(4)2(5)6/h6-10H,11-15H2,1-5H3;(H,3,4)(H,5,6). The van der Waals surface area contributed by atoms with E-state index >= 15 is 0 Å². The zero-order valence-corrected chi connectivity index (χ0v) is 21.5. The van der Waals surface area contributed by atoms with Gasteiger partial charge in [0.15, 0.2) is 23.0 Å². The van der Waals surface area contributed by atoms with Gasteiger partial charge in [-0.3, -0.25) is 9.69 Å². The molecule has 0 radical (unpaired) electrons. The minimum atomic E-state index is -1.82. The van der Waals surface area contributed by atoms with Crippen molar-refractivity contribution in [1.82, 2.24) is 9.80 Å². The molecule has 0 aromatic heterocycles. The van der Waals surface area contributed by atoms with Crippen molar-refractivity contribution in [3.05, 3.63) is 41.5 Å². The SMILES string of the molecule is COc1cccc(C(=O)N2CCN(Cc3ccc(OC)c(OC)c3OC)CC2)c1OC.O=C(O)C(=O)O. The monoisotopic (exact) mass is 520 g/mol. The van der Waals surface area contributed by atoms with E-state index in [0.29, 0.717) is 53.9 Å². The molecule has 1 saturated heterocycles. The summed E-state index contributed by atoms with van der Waals surface area (Å²) in [6, 6.07) is 9.22. The molecule has 0 unspecified atom stereocenters. The molecule has 12 nitrogen and oxygen atoms in total. The Morgan fingerprint density at radius 1 is 0.703 bits per heavy atom. The van der Waals surface area contributed by atoms with Crippen molar-refractivity contribution in [3.8, 4) is 28.7 Å². The van der Waals surface area contributed by atoms with Crippen molar-refractivity contribution in [2.45, 2.75) is 6.54 Å². The number of methoxy groups -OCH3 is 5. The summed E-state index contributed by atoms with van der Waals surface area (Å²) in [7, 11) is 7.93. The molecule has 2 aromatic carbocycles. The second-order valence-electron chi connectivity index (χ2n) is 7.71. The molecule has 1 amide bonds. The van der Waals surface area contributed by atoms with Gasteiger partial charge in [-0.2, -0.15) is 0 Å². The van der Waals surface area contributed by atoms with Crippen LogP contribution in [0.25, 0.3) is 0 Å². The van der Waals surface area contributed by atoms with Crippen molar-refractivity contribution >= 4 is 17.8 Å². The van der Waals surface area contributed by atoms with E-state index < -0.39 is 11.9 Å². The summed E-state index contributed by atoms with van der Waals surface area (Å²) in [4.78, 5) is 35.4. The lowest BCUT2D eigenvalue weighted by atomic mass is 10.1. The van der Waals surface area contributed by atoms with E-state index in [1.54, 1.807) is 53.7 Å². The average Bonchev–Trinajstić information content (AvgIpc) is 2.92. The Hall–Kier alpha value is -4.19. The number of rotatable bonds is 8. The van der Waals surface area contributed by atoms with Gasteiger partial charge in [-0.05, 0) is 18.2 Å². The minimum absolute atomic E-state index is 0.0564. The summed E-state index contributed by atoms with van der Waals surface area (Å²) in [5.41, 5.74) is 1.52. The molecule has 0 aliphatic carbocycles. The lowest BCUT2D eigenvalue weighted by Crippen LogP contribution is -2.48. The molecule has 0 saturated carbocycles. The van der Waals surface area contributed by atoms with Crippen LogP contribution in [0.3, 0.4) is 0 Å². The molecule has 12 heteroatoms. The molecule has 0 atom stereocenters. The molecular formula is C25H32N2O10. The van der Waals surface area contributed by atoms with Crippen molar-refractivity contribution in [1.29, 1.82) is 0 Å². The smallest absolute Gasteiger partial charge is 0.414 e. The molecule has 1 aliphatic heterocycles. The third-order valence-corrected chi connectivity index (χ3v) is 5.66. The normalized spacial score (nSPS) is 13.1. The number of carbonyl (C=O) groups excluding carboxylic acids is 1. The van der Waals surface area contributed by atoms with Crippen molar-refractivity contribution in [2.75, 3.05) is 61.7 Å². The van der Waals surface area contributed by atoms with Crippen LogP contribution in [0.2, 0.25) is 0 Å². The van der Waals surface area contributed by atoms with E-state index in [1.165, 1.54) is 0 Å². The van der Waals surface area contributed by atoms with Crippen LogP contribution in [0.1, 0.15) is 15.9 Å². The Morgan fingerprint density at radius 3 is 1.73 bits per heavy atom. The highest BCUT2D eigenvalue weighted by atomic mass is 16.5. The molecule has 2 aromatic rings. The number of ether oxygens (including phenoxy) is 5. The summed E-state index contributed by atoms with van der Waals surface area (Å²) >= 11 is 0. The third kappa shape index (κ3) is 7.17.